The van der Waals surface area contributed by atoms with Crippen molar-refractivity contribution in [1.82, 2.24) is 9.78 Å². The molecule has 1 amide bonds. The van der Waals surface area contributed by atoms with E-state index in [0.29, 0.717) is 17.1 Å². The van der Waals surface area contributed by atoms with Gasteiger partial charge in [0.2, 0.25) is 5.91 Å². The lowest BCUT2D eigenvalue weighted by atomic mass is 10.1. The van der Waals surface area contributed by atoms with Crippen LogP contribution in [-0.4, -0.2) is 27.7 Å². The van der Waals surface area contributed by atoms with Gasteiger partial charge in [-0.25, -0.2) is 9.07 Å². The largest absolute Gasteiger partial charge is 0.495 e. The number of rotatable bonds is 6. The van der Waals surface area contributed by atoms with E-state index in [0.717, 1.165) is 11.3 Å². The Hall–Kier alpha value is -3.75. The average Bonchev–Trinajstić information content (AvgIpc) is 2.96. The second kappa shape index (κ2) is 8.09. The lowest BCUT2D eigenvalue weighted by molar-refractivity contribution is -0.384. The van der Waals surface area contributed by atoms with Crippen LogP contribution in [-0.2, 0) is 11.2 Å². The number of nitrogens with zero attached hydrogens (tertiary/aromatic N) is 3. The minimum absolute atomic E-state index is 0.0186. The summed E-state index contributed by atoms with van der Waals surface area (Å²) >= 11 is 0. The van der Waals surface area contributed by atoms with E-state index in [9.17, 15) is 19.3 Å². The van der Waals surface area contributed by atoms with Crippen molar-refractivity contribution in [2.75, 3.05) is 12.4 Å². The number of carbonyl (C=O) groups is 1. The number of anilines is 1. The molecule has 0 aliphatic carbocycles. The SMILES string of the molecule is COc1ccc([N+](=O)[O-])cc1NC(=O)Cc1c(C)nn(-c2ccc(F)cc2)c1C. The van der Waals surface area contributed by atoms with E-state index in [-0.39, 0.29) is 29.5 Å². The molecule has 3 aromatic rings. The van der Waals surface area contributed by atoms with E-state index in [1.165, 1.54) is 37.4 Å². The summed E-state index contributed by atoms with van der Waals surface area (Å²) in [5, 5.41) is 18.1. The molecule has 0 atom stereocenters. The van der Waals surface area contributed by atoms with Crippen molar-refractivity contribution in [2.45, 2.75) is 20.3 Å². The molecule has 2 aromatic carbocycles. The van der Waals surface area contributed by atoms with Gasteiger partial charge in [0.15, 0.2) is 0 Å². The van der Waals surface area contributed by atoms with Crippen LogP contribution in [0.3, 0.4) is 0 Å². The summed E-state index contributed by atoms with van der Waals surface area (Å²) in [7, 11) is 1.41. The maximum Gasteiger partial charge on any atom is 0.271 e. The van der Waals surface area contributed by atoms with Crippen LogP contribution in [0, 0.1) is 29.8 Å². The summed E-state index contributed by atoms with van der Waals surface area (Å²) in [5.41, 5.74) is 2.86. The number of aryl methyl sites for hydroxylation is 1. The van der Waals surface area contributed by atoms with Crippen molar-refractivity contribution in [2.24, 2.45) is 0 Å². The van der Waals surface area contributed by atoms with Gasteiger partial charge < -0.3 is 10.1 Å². The highest BCUT2D eigenvalue weighted by Crippen LogP contribution is 2.29. The molecule has 29 heavy (non-hydrogen) atoms. The van der Waals surface area contributed by atoms with Crippen molar-refractivity contribution in [3.8, 4) is 11.4 Å². The van der Waals surface area contributed by atoms with Gasteiger partial charge in [-0.1, -0.05) is 0 Å². The maximum absolute atomic E-state index is 13.2. The fourth-order valence-corrected chi connectivity index (χ4v) is 3.03. The fraction of sp³-hybridized carbons (Fsp3) is 0.200. The molecule has 0 spiro atoms. The number of ether oxygens (including phenoxy) is 1. The molecule has 0 aliphatic rings. The first-order chi connectivity index (χ1) is 13.8. The van der Waals surface area contributed by atoms with E-state index >= 15 is 0 Å². The second-order valence-electron chi connectivity index (χ2n) is 6.40. The number of nitrogens with one attached hydrogen (secondary N) is 1. The zero-order valence-electron chi connectivity index (χ0n) is 16.1. The number of nitro groups is 1. The number of carbonyl (C=O) groups excluding carboxylic acids is 1. The Morgan fingerprint density at radius 3 is 2.55 bits per heavy atom. The highest BCUT2D eigenvalue weighted by atomic mass is 19.1. The number of halogens is 1. The third kappa shape index (κ3) is 4.23. The molecule has 9 heteroatoms. The van der Waals surface area contributed by atoms with Crippen LogP contribution in [0.2, 0.25) is 0 Å². The summed E-state index contributed by atoms with van der Waals surface area (Å²) < 4.78 is 20.0. The summed E-state index contributed by atoms with van der Waals surface area (Å²) in [4.78, 5) is 23.1. The number of amides is 1. The average molecular weight is 398 g/mol. The molecule has 8 nitrogen and oxygen atoms in total. The first-order valence-electron chi connectivity index (χ1n) is 8.73. The summed E-state index contributed by atoms with van der Waals surface area (Å²) in [6.45, 7) is 3.60. The van der Waals surface area contributed by atoms with Gasteiger partial charge in [0.05, 0.1) is 35.5 Å². The molecule has 1 aromatic heterocycles. The maximum atomic E-state index is 13.2. The Balaban J connectivity index is 1.84. The van der Waals surface area contributed by atoms with Gasteiger partial charge in [-0.3, -0.25) is 14.9 Å². The Kier molecular flexibility index (Phi) is 5.58. The van der Waals surface area contributed by atoms with E-state index in [2.05, 4.69) is 10.4 Å². The smallest absolute Gasteiger partial charge is 0.271 e. The molecule has 0 fully saturated rings. The highest BCUT2D eigenvalue weighted by molar-refractivity contribution is 5.94. The van der Waals surface area contributed by atoms with Crippen LogP contribution in [0.4, 0.5) is 15.8 Å². The van der Waals surface area contributed by atoms with E-state index in [1.54, 1.807) is 23.7 Å². The molecule has 0 saturated carbocycles. The van der Waals surface area contributed by atoms with Gasteiger partial charge in [0, 0.05) is 23.4 Å². The minimum Gasteiger partial charge on any atom is -0.495 e. The Bertz CT molecular complexity index is 1080. The topological polar surface area (TPSA) is 99.3 Å². The number of non-ortho nitro benzene ring substituents is 1. The van der Waals surface area contributed by atoms with Crippen molar-refractivity contribution >= 4 is 17.3 Å². The second-order valence-corrected chi connectivity index (χ2v) is 6.40. The van der Waals surface area contributed by atoms with E-state index in [1.807, 2.05) is 6.92 Å². The van der Waals surface area contributed by atoms with Crippen molar-refractivity contribution in [3.05, 3.63) is 75.3 Å². The molecule has 0 aliphatic heterocycles. The van der Waals surface area contributed by atoms with Crippen LogP contribution in [0.5, 0.6) is 5.75 Å². The lowest BCUT2D eigenvalue weighted by Crippen LogP contribution is -2.16. The van der Waals surface area contributed by atoms with Crippen LogP contribution >= 0.6 is 0 Å². The van der Waals surface area contributed by atoms with E-state index < -0.39 is 4.92 Å². The molecular formula is C20H19FN4O4. The lowest BCUT2D eigenvalue weighted by Gasteiger charge is -2.10. The number of aromatic nitrogens is 2. The molecule has 0 bridgehead atoms. The van der Waals surface area contributed by atoms with Crippen LogP contribution in [0.15, 0.2) is 42.5 Å². The zero-order valence-corrected chi connectivity index (χ0v) is 16.1. The Morgan fingerprint density at radius 1 is 1.24 bits per heavy atom. The molecular weight excluding hydrogens is 379 g/mol. The van der Waals surface area contributed by atoms with Gasteiger partial charge in [0.25, 0.3) is 5.69 Å². The molecule has 1 N–H and O–H groups in total. The summed E-state index contributed by atoms with van der Waals surface area (Å²) in [5.74, 6) is -0.395. The van der Waals surface area contributed by atoms with Gasteiger partial charge in [-0.15, -0.1) is 0 Å². The van der Waals surface area contributed by atoms with Crippen LogP contribution in [0.1, 0.15) is 17.0 Å². The number of hydrogen-bond acceptors (Lipinski definition) is 5. The normalized spacial score (nSPS) is 10.6. The van der Waals surface area contributed by atoms with Crippen LogP contribution in [0.25, 0.3) is 5.69 Å². The predicted molar refractivity (Wildman–Crippen MR) is 105 cm³/mol. The van der Waals surface area contributed by atoms with Gasteiger partial charge >= 0.3 is 0 Å². The zero-order chi connectivity index (χ0) is 21.1. The van der Waals surface area contributed by atoms with Crippen molar-refractivity contribution < 1.29 is 18.8 Å². The number of hydrogen-bond donors (Lipinski definition) is 1. The molecule has 0 radical (unpaired) electrons. The standard InChI is InChI=1S/C20H19FN4O4/c1-12-17(13(2)24(23-12)15-6-4-14(21)5-7-15)11-20(26)22-18-10-16(25(27)28)8-9-19(18)29-3/h4-10H,11H2,1-3H3,(H,22,26). The van der Waals surface area contributed by atoms with Crippen LogP contribution < -0.4 is 10.1 Å². The monoisotopic (exact) mass is 398 g/mol. The van der Waals surface area contributed by atoms with Crippen molar-refractivity contribution in [3.63, 3.8) is 0 Å². The number of benzene rings is 2. The summed E-state index contributed by atoms with van der Waals surface area (Å²) in [6.07, 6.45) is 0.0186. The first kappa shape index (κ1) is 20.0. The highest BCUT2D eigenvalue weighted by Gasteiger charge is 2.18. The van der Waals surface area contributed by atoms with Gasteiger partial charge in [-0.05, 0) is 44.2 Å². The minimum atomic E-state index is -0.546. The van der Waals surface area contributed by atoms with Gasteiger partial charge in [0.1, 0.15) is 11.6 Å². The summed E-state index contributed by atoms with van der Waals surface area (Å²) in [6, 6.07) is 9.86. The Labute approximate surface area is 166 Å². The quantitative estimate of drug-likeness (QED) is 0.504. The third-order valence-electron chi connectivity index (χ3n) is 4.52. The van der Waals surface area contributed by atoms with Gasteiger partial charge in [-0.2, -0.15) is 5.10 Å². The van der Waals surface area contributed by atoms with E-state index in [4.69, 9.17) is 4.74 Å². The van der Waals surface area contributed by atoms with Crippen molar-refractivity contribution in [1.29, 1.82) is 0 Å². The molecule has 150 valence electrons. The molecule has 3 rings (SSSR count). The number of methoxy groups -OCH3 is 1. The fourth-order valence-electron chi connectivity index (χ4n) is 3.03. The predicted octanol–water partition coefficient (Wildman–Crippen LogP) is 3.73. The molecule has 0 saturated heterocycles. The number of nitro benzene ring substituents is 1. The molecule has 0 unspecified atom stereocenters. The Morgan fingerprint density at radius 2 is 1.93 bits per heavy atom. The molecule has 1 heterocycles. The third-order valence-corrected chi connectivity index (χ3v) is 4.52. The first-order valence-corrected chi connectivity index (χ1v) is 8.73.